The van der Waals surface area contributed by atoms with Crippen LogP contribution in [-0.2, 0) is 4.79 Å². The Hall–Kier alpha value is -1.36. The fourth-order valence-corrected chi connectivity index (χ4v) is 2.60. The zero-order chi connectivity index (χ0) is 13.1. The topological polar surface area (TPSA) is 58.4 Å². The second kappa shape index (κ2) is 5.52. The number of likely N-dealkylation sites (tertiary alicyclic amines) is 1. The average Bonchev–Trinajstić information content (AvgIpc) is 2.79. The molecule has 100 valence electrons. The monoisotopic (exact) mass is 251 g/mol. The first kappa shape index (κ1) is 13.1. The summed E-state index contributed by atoms with van der Waals surface area (Å²) in [6, 6.07) is -0.329. The van der Waals surface area contributed by atoms with Crippen molar-refractivity contribution in [3.05, 3.63) is 18.2 Å². The molecule has 0 aromatic carbocycles. The molecular weight excluding hydrogens is 230 g/mol. The van der Waals surface area contributed by atoms with Gasteiger partial charge in [0.25, 0.3) is 0 Å². The van der Waals surface area contributed by atoms with Gasteiger partial charge in [0.2, 0.25) is 0 Å². The zero-order valence-corrected chi connectivity index (χ0v) is 11.0. The van der Waals surface area contributed by atoms with E-state index in [1.807, 2.05) is 18.4 Å². The van der Waals surface area contributed by atoms with Gasteiger partial charge in [-0.25, -0.2) is 4.98 Å². The summed E-state index contributed by atoms with van der Waals surface area (Å²) in [6.07, 6.45) is 6.78. The fourth-order valence-electron chi connectivity index (χ4n) is 2.60. The van der Waals surface area contributed by atoms with Crippen LogP contribution >= 0.6 is 0 Å². The van der Waals surface area contributed by atoms with Crippen LogP contribution in [0.25, 0.3) is 0 Å². The molecule has 2 heterocycles. The fraction of sp³-hybridized carbons (Fsp3) is 0.692. The predicted molar refractivity (Wildman–Crippen MR) is 68.4 cm³/mol. The van der Waals surface area contributed by atoms with E-state index in [2.05, 4.69) is 9.88 Å². The number of carboxylic acids is 1. The highest BCUT2D eigenvalue weighted by molar-refractivity contribution is 5.75. The molecule has 1 aromatic heterocycles. The van der Waals surface area contributed by atoms with E-state index in [0.29, 0.717) is 0 Å². The number of carboxylic acid groups (broad SMARTS) is 1. The van der Waals surface area contributed by atoms with Crippen molar-refractivity contribution in [1.29, 1.82) is 0 Å². The van der Waals surface area contributed by atoms with Crippen LogP contribution in [0.1, 0.15) is 50.9 Å². The van der Waals surface area contributed by atoms with Crippen molar-refractivity contribution in [2.24, 2.45) is 0 Å². The molecule has 1 aliphatic rings. The van der Waals surface area contributed by atoms with Crippen LogP contribution in [0.2, 0.25) is 0 Å². The SMILES string of the molecule is CC(C)n1cncc1C(C(=O)O)N1CCCCC1. The second-order valence-corrected chi connectivity index (χ2v) is 5.16. The third-order valence-corrected chi connectivity index (χ3v) is 3.52. The number of imidazole rings is 1. The van der Waals surface area contributed by atoms with Crippen LogP contribution in [0.3, 0.4) is 0 Å². The second-order valence-electron chi connectivity index (χ2n) is 5.16. The van der Waals surface area contributed by atoms with Crippen molar-refractivity contribution in [3.63, 3.8) is 0 Å². The minimum Gasteiger partial charge on any atom is -0.480 e. The van der Waals surface area contributed by atoms with Crippen molar-refractivity contribution in [1.82, 2.24) is 14.5 Å². The first-order chi connectivity index (χ1) is 8.61. The first-order valence-corrected chi connectivity index (χ1v) is 6.60. The number of aliphatic carboxylic acids is 1. The molecule has 0 amide bonds. The molecule has 2 rings (SSSR count). The summed E-state index contributed by atoms with van der Waals surface area (Å²) < 4.78 is 1.95. The standard InChI is InChI=1S/C13H21N3O2/c1-10(2)16-9-14-8-11(16)12(13(17)18)15-6-4-3-5-7-15/h8-10,12H,3-7H2,1-2H3,(H,17,18). The van der Waals surface area contributed by atoms with Crippen molar-refractivity contribution in [2.75, 3.05) is 13.1 Å². The summed E-state index contributed by atoms with van der Waals surface area (Å²) in [5.74, 6) is -0.778. The molecule has 18 heavy (non-hydrogen) atoms. The first-order valence-electron chi connectivity index (χ1n) is 6.60. The Bertz CT molecular complexity index is 408. The third-order valence-electron chi connectivity index (χ3n) is 3.52. The zero-order valence-electron chi connectivity index (χ0n) is 11.0. The normalized spacial score (nSPS) is 19.1. The van der Waals surface area contributed by atoms with E-state index in [1.165, 1.54) is 6.42 Å². The molecule has 5 heteroatoms. The van der Waals surface area contributed by atoms with E-state index >= 15 is 0 Å². The Kier molecular flexibility index (Phi) is 4.01. The highest BCUT2D eigenvalue weighted by Gasteiger charge is 2.31. The quantitative estimate of drug-likeness (QED) is 0.890. The number of aromatic nitrogens is 2. The van der Waals surface area contributed by atoms with Gasteiger partial charge in [0.15, 0.2) is 6.04 Å². The minimum absolute atomic E-state index is 0.231. The van der Waals surface area contributed by atoms with Gasteiger partial charge in [-0.1, -0.05) is 6.42 Å². The van der Waals surface area contributed by atoms with E-state index < -0.39 is 12.0 Å². The maximum Gasteiger partial charge on any atom is 0.327 e. The van der Waals surface area contributed by atoms with E-state index in [9.17, 15) is 9.90 Å². The van der Waals surface area contributed by atoms with Gasteiger partial charge in [0, 0.05) is 6.04 Å². The Balaban J connectivity index is 2.28. The van der Waals surface area contributed by atoms with Gasteiger partial charge in [0.05, 0.1) is 18.2 Å². The summed E-state index contributed by atoms with van der Waals surface area (Å²) in [5, 5.41) is 9.52. The Morgan fingerprint density at radius 1 is 1.33 bits per heavy atom. The van der Waals surface area contributed by atoms with E-state index in [-0.39, 0.29) is 6.04 Å². The minimum atomic E-state index is -0.778. The molecule has 1 N–H and O–H groups in total. The Labute approximate surface area is 107 Å². The molecule has 5 nitrogen and oxygen atoms in total. The lowest BCUT2D eigenvalue weighted by Crippen LogP contribution is -2.39. The summed E-state index contributed by atoms with van der Waals surface area (Å²) in [6.45, 7) is 5.81. The van der Waals surface area contributed by atoms with Crippen LogP contribution in [-0.4, -0.2) is 38.6 Å². The number of carbonyl (C=O) groups is 1. The van der Waals surface area contributed by atoms with Gasteiger partial charge in [-0.2, -0.15) is 0 Å². The Morgan fingerprint density at radius 2 is 2.00 bits per heavy atom. The van der Waals surface area contributed by atoms with Gasteiger partial charge in [-0.3, -0.25) is 9.69 Å². The molecule has 1 atom stereocenters. The number of hydrogen-bond donors (Lipinski definition) is 1. The largest absolute Gasteiger partial charge is 0.480 e. The van der Waals surface area contributed by atoms with Crippen molar-refractivity contribution in [2.45, 2.75) is 45.2 Å². The molecular formula is C13H21N3O2. The van der Waals surface area contributed by atoms with Crippen molar-refractivity contribution in [3.8, 4) is 0 Å². The smallest absolute Gasteiger partial charge is 0.327 e. The molecule has 1 aromatic rings. The molecule has 1 aliphatic heterocycles. The van der Waals surface area contributed by atoms with E-state index in [0.717, 1.165) is 31.6 Å². The summed E-state index contributed by atoms with van der Waals surface area (Å²) >= 11 is 0. The van der Waals surface area contributed by atoms with Gasteiger partial charge in [0.1, 0.15) is 0 Å². The van der Waals surface area contributed by atoms with Crippen molar-refractivity contribution >= 4 is 5.97 Å². The van der Waals surface area contributed by atoms with Crippen molar-refractivity contribution < 1.29 is 9.90 Å². The van der Waals surface area contributed by atoms with Crippen LogP contribution < -0.4 is 0 Å². The maximum atomic E-state index is 11.6. The Morgan fingerprint density at radius 3 is 2.56 bits per heavy atom. The summed E-state index contributed by atoms with van der Waals surface area (Å²) in [5.41, 5.74) is 0.791. The summed E-state index contributed by atoms with van der Waals surface area (Å²) in [4.78, 5) is 17.8. The number of rotatable bonds is 4. The van der Waals surface area contributed by atoms with Gasteiger partial charge >= 0.3 is 5.97 Å². The van der Waals surface area contributed by atoms with Gasteiger partial charge in [-0.05, 0) is 39.8 Å². The lowest BCUT2D eigenvalue weighted by molar-refractivity contribution is -0.144. The molecule has 0 radical (unpaired) electrons. The maximum absolute atomic E-state index is 11.6. The van der Waals surface area contributed by atoms with Gasteiger partial charge < -0.3 is 9.67 Å². The average molecular weight is 251 g/mol. The lowest BCUT2D eigenvalue weighted by Gasteiger charge is -2.32. The number of piperidine rings is 1. The molecule has 0 bridgehead atoms. The van der Waals surface area contributed by atoms with Crippen LogP contribution in [0.4, 0.5) is 0 Å². The number of hydrogen-bond acceptors (Lipinski definition) is 3. The van der Waals surface area contributed by atoms with Gasteiger partial charge in [-0.15, -0.1) is 0 Å². The highest BCUT2D eigenvalue weighted by atomic mass is 16.4. The molecule has 0 saturated carbocycles. The van der Waals surface area contributed by atoms with Crippen LogP contribution in [0.5, 0.6) is 0 Å². The highest BCUT2D eigenvalue weighted by Crippen LogP contribution is 2.26. The predicted octanol–water partition coefficient (Wildman–Crippen LogP) is 2.08. The molecule has 1 saturated heterocycles. The van der Waals surface area contributed by atoms with Crippen LogP contribution in [0, 0.1) is 0 Å². The number of nitrogens with zero attached hydrogens (tertiary/aromatic N) is 3. The summed E-state index contributed by atoms with van der Waals surface area (Å²) in [7, 11) is 0. The van der Waals surface area contributed by atoms with Crippen LogP contribution in [0.15, 0.2) is 12.5 Å². The van der Waals surface area contributed by atoms with E-state index in [1.54, 1.807) is 12.5 Å². The molecule has 0 aliphatic carbocycles. The third kappa shape index (κ3) is 2.56. The lowest BCUT2D eigenvalue weighted by atomic mass is 10.1. The van der Waals surface area contributed by atoms with E-state index in [4.69, 9.17) is 0 Å². The molecule has 0 spiro atoms. The molecule has 1 fully saturated rings. The molecule has 1 unspecified atom stereocenters.